The second-order valence-corrected chi connectivity index (χ2v) is 3.67. The summed E-state index contributed by atoms with van der Waals surface area (Å²) in [5.41, 5.74) is 4.79. The number of hydrogen-bond donors (Lipinski definition) is 1. The van der Waals surface area contributed by atoms with E-state index in [0.717, 1.165) is 11.3 Å². The van der Waals surface area contributed by atoms with Gasteiger partial charge < -0.3 is 15.2 Å². The normalized spacial score (nSPS) is 11.6. The largest absolute Gasteiger partial charge is 0.490 e. The van der Waals surface area contributed by atoms with E-state index in [1.54, 1.807) is 6.08 Å². The van der Waals surface area contributed by atoms with E-state index in [4.69, 9.17) is 4.74 Å². The number of ether oxygens (including phenoxy) is 2. The molecular formula is C13H18NO3+. The van der Waals surface area contributed by atoms with Gasteiger partial charge in [-0.3, -0.25) is 0 Å². The maximum absolute atomic E-state index is 11.2. The summed E-state index contributed by atoms with van der Waals surface area (Å²) in [5.74, 6) is 0.490. The lowest BCUT2D eigenvalue weighted by molar-refractivity contribution is -0.407. The number of carbonyl (C=O) groups excluding carboxylic acids is 1. The first kappa shape index (κ1) is 13.3. The smallest absolute Gasteiger partial charge is 0.364 e. The maximum Gasteiger partial charge on any atom is 0.364 e. The molecule has 0 radical (unpaired) electrons. The lowest BCUT2D eigenvalue weighted by Gasteiger charge is -2.07. The number of esters is 1. The Morgan fingerprint density at radius 3 is 2.65 bits per heavy atom. The van der Waals surface area contributed by atoms with Crippen molar-refractivity contribution in [2.75, 3.05) is 13.7 Å². The van der Waals surface area contributed by atoms with Crippen LogP contribution in [0.2, 0.25) is 0 Å². The van der Waals surface area contributed by atoms with Crippen LogP contribution in [0.3, 0.4) is 0 Å². The zero-order valence-electron chi connectivity index (χ0n) is 10.0. The SMILES string of the molecule is C=CCOc1ccc(CC([NH3+])C(=O)OC)cc1. The zero-order valence-corrected chi connectivity index (χ0v) is 10.0. The van der Waals surface area contributed by atoms with Crippen LogP contribution in [-0.4, -0.2) is 25.7 Å². The van der Waals surface area contributed by atoms with Gasteiger partial charge >= 0.3 is 5.97 Å². The summed E-state index contributed by atoms with van der Waals surface area (Å²) in [4.78, 5) is 11.2. The topological polar surface area (TPSA) is 63.2 Å². The van der Waals surface area contributed by atoms with Crippen molar-refractivity contribution in [1.29, 1.82) is 0 Å². The first-order valence-electron chi connectivity index (χ1n) is 5.41. The van der Waals surface area contributed by atoms with Crippen LogP contribution in [0.5, 0.6) is 5.75 Å². The summed E-state index contributed by atoms with van der Waals surface area (Å²) in [7, 11) is 1.37. The molecule has 1 rings (SSSR count). The number of carbonyl (C=O) groups is 1. The van der Waals surface area contributed by atoms with Crippen molar-refractivity contribution in [2.45, 2.75) is 12.5 Å². The summed E-state index contributed by atoms with van der Waals surface area (Å²) in [6, 6.07) is 7.19. The van der Waals surface area contributed by atoms with Gasteiger partial charge in [-0.25, -0.2) is 4.79 Å². The molecule has 0 amide bonds. The average molecular weight is 236 g/mol. The molecule has 0 aliphatic rings. The Hall–Kier alpha value is -1.81. The van der Waals surface area contributed by atoms with Crippen molar-refractivity contribution in [3.63, 3.8) is 0 Å². The van der Waals surface area contributed by atoms with E-state index >= 15 is 0 Å². The van der Waals surface area contributed by atoms with E-state index in [2.05, 4.69) is 17.0 Å². The standard InChI is InChI=1S/C13H17NO3/c1-3-8-17-11-6-4-10(5-7-11)9-12(14)13(15)16-2/h3-7,12H,1,8-9,14H2,2H3/p+1. The van der Waals surface area contributed by atoms with Gasteiger partial charge in [0.2, 0.25) is 0 Å². The molecule has 0 fully saturated rings. The summed E-state index contributed by atoms with van der Waals surface area (Å²) in [5, 5.41) is 0. The summed E-state index contributed by atoms with van der Waals surface area (Å²) >= 11 is 0. The third-order valence-corrected chi connectivity index (χ3v) is 2.31. The highest BCUT2D eigenvalue weighted by Gasteiger charge is 2.17. The van der Waals surface area contributed by atoms with E-state index in [9.17, 15) is 4.79 Å². The molecule has 17 heavy (non-hydrogen) atoms. The van der Waals surface area contributed by atoms with Gasteiger partial charge in [-0.1, -0.05) is 24.8 Å². The molecule has 0 heterocycles. The molecule has 0 bridgehead atoms. The van der Waals surface area contributed by atoms with Crippen molar-refractivity contribution in [3.8, 4) is 5.75 Å². The first-order chi connectivity index (χ1) is 8.17. The monoisotopic (exact) mass is 236 g/mol. The van der Waals surface area contributed by atoms with E-state index in [1.165, 1.54) is 7.11 Å². The molecule has 0 aliphatic carbocycles. The fourth-order valence-electron chi connectivity index (χ4n) is 1.41. The highest BCUT2D eigenvalue weighted by Crippen LogP contribution is 2.13. The molecule has 4 nitrogen and oxygen atoms in total. The van der Waals surface area contributed by atoms with Gasteiger partial charge in [-0.2, -0.15) is 0 Å². The predicted molar refractivity (Wildman–Crippen MR) is 64.5 cm³/mol. The fourth-order valence-corrected chi connectivity index (χ4v) is 1.41. The molecule has 1 aromatic carbocycles. The van der Waals surface area contributed by atoms with Crippen LogP contribution in [0.15, 0.2) is 36.9 Å². The number of hydrogen-bond acceptors (Lipinski definition) is 3. The number of methoxy groups -OCH3 is 1. The van der Waals surface area contributed by atoms with Crippen LogP contribution in [0.25, 0.3) is 0 Å². The predicted octanol–water partition coefficient (Wildman–Crippen LogP) is 0.577. The van der Waals surface area contributed by atoms with Gasteiger partial charge in [0.1, 0.15) is 12.4 Å². The Balaban J connectivity index is 2.55. The Morgan fingerprint density at radius 1 is 1.47 bits per heavy atom. The van der Waals surface area contributed by atoms with Crippen molar-refractivity contribution >= 4 is 5.97 Å². The minimum atomic E-state index is -0.375. The molecule has 1 unspecified atom stereocenters. The van der Waals surface area contributed by atoms with E-state index in [1.807, 2.05) is 24.3 Å². The molecule has 3 N–H and O–H groups in total. The van der Waals surface area contributed by atoms with Crippen molar-refractivity contribution < 1.29 is 20.0 Å². The van der Waals surface area contributed by atoms with Crippen LogP contribution in [0.1, 0.15) is 5.56 Å². The molecule has 0 spiro atoms. The third kappa shape index (κ3) is 4.28. The van der Waals surface area contributed by atoms with E-state index < -0.39 is 0 Å². The highest BCUT2D eigenvalue weighted by molar-refractivity contribution is 5.74. The Labute approximate surface area is 101 Å². The Bertz CT molecular complexity index is 373. The second kappa shape index (κ2) is 6.70. The molecule has 0 aromatic heterocycles. The molecular weight excluding hydrogens is 218 g/mol. The molecule has 0 aliphatic heterocycles. The maximum atomic E-state index is 11.2. The third-order valence-electron chi connectivity index (χ3n) is 2.31. The van der Waals surface area contributed by atoms with Crippen LogP contribution in [-0.2, 0) is 16.0 Å². The zero-order chi connectivity index (χ0) is 12.7. The van der Waals surface area contributed by atoms with Crippen LogP contribution in [0, 0.1) is 0 Å². The lowest BCUT2D eigenvalue weighted by atomic mass is 10.1. The highest BCUT2D eigenvalue weighted by atomic mass is 16.5. The summed E-state index contributed by atoms with van der Waals surface area (Å²) in [6.45, 7) is 4.06. The summed E-state index contributed by atoms with van der Waals surface area (Å²) < 4.78 is 9.98. The first-order valence-corrected chi connectivity index (χ1v) is 5.41. The molecule has 1 atom stereocenters. The van der Waals surface area contributed by atoms with Gasteiger partial charge in [0.15, 0.2) is 6.04 Å². The Kier molecular flexibility index (Phi) is 5.23. The van der Waals surface area contributed by atoms with Crippen molar-refractivity contribution in [1.82, 2.24) is 0 Å². The number of quaternary nitrogens is 1. The van der Waals surface area contributed by atoms with Gasteiger partial charge in [-0.05, 0) is 17.7 Å². The number of rotatable bonds is 6. The van der Waals surface area contributed by atoms with Crippen molar-refractivity contribution in [3.05, 3.63) is 42.5 Å². The summed E-state index contributed by atoms with van der Waals surface area (Å²) in [6.07, 6.45) is 2.26. The minimum Gasteiger partial charge on any atom is -0.490 e. The molecule has 1 aromatic rings. The molecule has 0 saturated heterocycles. The fraction of sp³-hybridized carbons (Fsp3) is 0.308. The second-order valence-electron chi connectivity index (χ2n) is 3.67. The quantitative estimate of drug-likeness (QED) is 0.580. The van der Waals surface area contributed by atoms with Gasteiger partial charge in [0, 0.05) is 6.42 Å². The van der Waals surface area contributed by atoms with Gasteiger partial charge in [0.25, 0.3) is 0 Å². The van der Waals surface area contributed by atoms with E-state index in [0.29, 0.717) is 13.0 Å². The number of benzene rings is 1. The lowest BCUT2D eigenvalue weighted by Crippen LogP contribution is -2.66. The van der Waals surface area contributed by atoms with E-state index in [-0.39, 0.29) is 12.0 Å². The average Bonchev–Trinajstić information content (AvgIpc) is 2.37. The molecule has 92 valence electrons. The molecule has 4 heteroatoms. The van der Waals surface area contributed by atoms with Crippen LogP contribution in [0.4, 0.5) is 0 Å². The van der Waals surface area contributed by atoms with Gasteiger partial charge in [-0.15, -0.1) is 0 Å². The van der Waals surface area contributed by atoms with Crippen molar-refractivity contribution in [2.24, 2.45) is 0 Å². The Morgan fingerprint density at radius 2 is 2.12 bits per heavy atom. The molecule has 0 saturated carbocycles. The minimum absolute atomic E-state index is 0.294. The van der Waals surface area contributed by atoms with Crippen LogP contribution < -0.4 is 10.5 Å². The van der Waals surface area contributed by atoms with Crippen LogP contribution >= 0.6 is 0 Å². The van der Waals surface area contributed by atoms with Gasteiger partial charge in [0.05, 0.1) is 7.11 Å².